The van der Waals surface area contributed by atoms with Gasteiger partial charge in [0.05, 0.1) is 24.7 Å². The fraction of sp³-hybridized carbons (Fsp3) is 0.200. The van der Waals surface area contributed by atoms with Gasteiger partial charge in [-0.25, -0.2) is 8.78 Å². The molecule has 0 radical (unpaired) electrons. The zero-order chi connectivity index (χ0) is 31.1. The number of rotatable bonds is 12. The van der Waals surface area contributed by atoms with Crippen LogP contribution in [0.1, 0.15) is 16.7 Å². The summed E-state index contributed by atoms with van der Waals surface area (Å²) in [7, 11) is 3.35. The predicted molar refractivity (Wildman–Crippen MR) is 163 cm³/mol. The summed E-state index contributed by atoms with van der Waals surface area (Å²) in [5.41, 5.74) is 4.08. The Morgan fingerprint density at radius 3 is 2.27 bits per heavy atom. The molecule has 5 rings (SSSR count). The summed E-state index contributed by atoms with van der Waals surface area (Å²) in [6, 6.07) is 26.7. The Kier molecular flexibility index (Phi) is 9.66. The standard InChI is InChI=1S/C35H32F2N2O5/c1-38(2)32(40)20-39(21-33(41)44-22-24-7-4-3-5-8-24)19-25-9-6-10-26(17-25)23-43-28-13-11-27(12-14-28)30-18-31(36)34(37)29-15-16-42-35(29)30/h3-18H,19-23H2,1-2H3. The lowest BCUT2D eigenvalue weighted by Crippen LogP contribution is -2.39. The van der Waals surface area contributed by atoms with Gasteiger partial charge in [0.1, 0.15) is 24.5 Å². The third-order valence-electron chi connectivity index (χ3n) is 7.05. The Morgan fingerprint density at radius 2 is 1.52 bits per heavy atom. The van der Waals surface area contributed by atoms with E-state index in [1.807, 2.05) is 54.6 Å². The minimum absolute atomic E-state index is 0.0399. The third kappa shape index (κ3) is 7.67. The molecule has 0 aliphatic rings. The average molecular weight is 599 g/mol. The number of hydrogen-bond donors (Lipinski definition) is 0. The van der Waals surface area contributed by atoms with Crippen molar-refractivity contribution in [2.75, 3.05) is 27.2 Å². The van der Waals surface area contributed by atoms with Gasteiger partial charge in [0.15, 0.2) is 11.6 Å². The van der Waals surface area contributed by atoms with Crippen LogP contribution < -0.4 is 4.74 Å². The van der Waals surface area contributed by atoms with Crippen LogP contribution >= 0.6 is 0 Å². The highest BCUT2D eigenvalue weighted by atomic mass is 19.2. The molecule has 1 aromatic heterocycles. The number of carbonyl (C=O) groups is 2. The van der Waals surface area contributed by atoms with Gasteiger partial charge in [0.25, 0.3) is 0 Å². The van der Waals surface area contributed by atoms with Gasteiger partial charge in [-0.3, -0.25) is 14.5 Å². The first-order valence-electron chi connectivity index (χ1n) is 14.0. The largest absolute Gasteiger partial charge is 0.489 e. The van der Waals surface area contributed by atoms with Gasteiger partial charge in [0, 0.05) is 26.2 Å². The SMILES string of the molecule is CN(C)C(=O)CN(CC(=O)OCc1ccccc1)Cc1cccc(COc2ccc(-c3cc(F)c(F)c4ccoc34)cc2)c1. The molecule has 1 amide bonds. The smallest absolute Gasteiger partial charge is 0.320 e. The fourth-order valence-electron chi connectivity index (χ4n) is 4.73. The number of ether oxygens (including phenoxy) is 2. The predicted octanol–water partition coefficient (Wildman–Crippen LogP) is 6.59. The molecule has 4 aromatic carbocycles. The van der Waals surface area contributed by atoms with Crippen molar-refractivity contribution < 1.29 is 32.3 Å². The second-order valence-corrected chi connectivity index (χ2v) is 10.6. The van der Waals surface area contributed by atoms with Gasteiger partial charge in [-0.2, -0.15) is 0 Å². The topological polar surface area (TPSA) is 72.2 Å². The summed E-state index contributed by atoms with van der Waals surface area (Å²) in [4.78, 5) is 28.4. The molecule has 0 spiro atoms. The van der Waals surface area contributed by atoms with Crippen molar-refractivity contribution in [3.63, 3.8) is 0 Å². The van der Waals surface area contributed by atoms with Crippen LogP contribution in [0, 0.1) is 11.6 Å². The molecule has 0 saturated carbocycles. The first kappa shape index (κ1) is 30.4. The summed E-state index contributed by atoms with van der Waals surface area (Å²) in [5, 5.41) is 0.0916. The molecule has 0 saturated heterocycles. The number of amides is 1. The Bertz CT molecular complexity index is 1740. The maximum atomic E-state index is 14.1. The highest BCUT2D eigenvalue weighted by Gasteiger charge is 2.18. The van der Waals surface area contributed by atoms with Gasteiger partial charge in [0.2, 0.25) is 5.91 Å². The molecule has 0 unspecified atom stereocenters. The van der Waals surface area contributed by atoms with Gasteiger partial charge >= 0.3 is 5.97 Å². The number of halogens is 2. The Hall–Kier alpha value is -5.02. The second-order valence-electron chi connectivity index (χ2n) is 10.6. The third-order valence-corrected chi connectivity index (χ3v) is 7.05. The quantitative estimate of drug-likeness (QED) is 0.151. The molecule has 0 aliphatic heterocycles. The van der Waals surface area contributed by atoms with Crippen LogP contribution in [-0.4, -0.2) is 48.9 Å². The number of esters is 1. The molecular formula is C35H32F2N2O5. The normalized spacial score (nSPS) is 11.1. The lowest BCUT2D eigenvalue weighted by atomic mass is 10.0. The summed E-state index contributed by atoms with van der Waals surface area (Å²) >= 11 is 0. The van der Waals surface area contributed by atoms with E-state index < -0.39 is 17.6 Å². The molecule has 7 nitrogen and oxygen atoms in total. The molecule has 0 aliphatic carbocycles. The number of nitrogens with zero attached hydrogens (tertiary/aromatic N) is 2. The maximum Gasteiger partial charge on any atom is 0.320 e. The van der Waals surface area contributed by atoms with Crippen molar-refractivity contribution in [2.45, 2.75) is 19.8 Å². The molecule has 0 fully saturated rings. The van der Waals surface area contributed by atoms with E-state index in [2.05, 4.69) is 0 Å². The fourth-order valence-corrected chi connectivity index (χ4v) is 4.73. The first-order chi connectivity index (χ1) is 21.3. The number of furan rings is 1. The van der Waals surface area contributed by atoms with E-state index in [9.17, 15) is 18.4 Å². The van der Waals surface area contributed by atoms with Crippen molar-refractivity contribution in [3.05, 3.63) is 126 Å². The Balaban J connectivity index is 1.21. The van der Waals surface area contributed by atoms with Crippen LogP contribution in [0.2, 0.25) is 0 Å². The number of hydrogen-bond acceptors (Lipinski definition) is 6. The molecule has 0 atom stereocenters. The van der Waals surface area contributed by atoms with Crippen LogP contribution in [0.15, 0.2) is 102 Å². The van der Waals surface area contributed by atoms with E-state index in [1.165, 1.54) is 17.2 Å². The summed E-state index contributed by atoms with van der Waals surface area (Å²) in [6.07, 6.45) is 1.33. The van der Waals surface area contributed by atoms with Gasteiger partial charge in [-0.1, -0.05) is 66.7 Å². The highest BCUT2D eigenvalue weighted by molar-refractivity contribution is 5.93. The van der Waals surface area contributed by atoms with Gasteiger partial charge in [-0.15, -0.1) is 0 Å². The molecule has 226 valence electrons. The number of likely N-dealkylation sites (N-methyl/N-ethyl adjacent to an activating group) is 1. The first-order valence-corrected chi connectivity index (χ1v) is 14.0. The monoisotopic (exact) mass is 598 g/mol. The Morgan fingerprint density at radius 1 is 0.795 bits per heavy atom. The van der Waals surface area contributed by atoms with Crippen molar-refractivity contribution in [2.24, 2.45) is 0 Å². The number of fused-ring (bicyclic) bond motifs is 1. The number of carbonyl (C=O) groups excluding carboxylic acids is 2. The molecular weight excluding hydrogens is 566 g/mol. The molecule has 5 aromatic rings. The van der Waals surface area contributed by atoms with Gasteiger partial charge < -0.3 is 18.8 Å². The lowest BCUT2D eigenvalue weighted by Gasteiger charge is -2.23. The molecule has 44 heavy (non-hydrogen) atoms. The van der Waals surface area contributed by atoms with E-state index in [1.54, 1.807) is 43.3 Å². The molecule has 0 N–H and O–H groups in total. The van der Waals surface area contributed by atoms with E-state index >= 15 is 0 Å². The van der Waals surface area contributed by atoms with Crippen LogP contribution in [0.3, 0.4) is 0 Å². The van der Waals surface area contributed by atoms with Crippen LogP contribution in [0.4, 0.5) is 8.78 Å². The second kappa shape index (κ2) is 14.0. The zero-order valence-electron chi connectivity index (χ0n) is 24.5. The Labute approximate surface area is 254 Å². The van der Waals surface area contributed by atoms with Crippen molar-refractivity contribution >= 4 is 22.8 Å². The van der Waals surface area contributed by atoms with Crippen molar-refractivity contribution in [1.82, 2.24) is 9.80 Å². The van der Waals surface area contributed by atoms with E-state index in [0.29, 0.717) is 23.4 Å². The van der Waals surface area contributed by atoms with E-state index in [4.69, 9.17) is 13.9 Å². The van der Waals surface area contributed by atoms with Crippen LogP contribution in [0.5, 0.6) is 5.75 Å². The van der Waals surface area contributed by atoms with Gasteiger partial charge in [-0.05, 0) is 46.5 Å². The van der Waals surface area contributed by atoms with Crippen LogP contribution in [-0.2, 0) is 34.1 Å². The van der Waals surface area contributed by atoms with Crippen molar-refractivity contribution in [3.8, 4) is 16.9 Å². The van der Waals surface area contributed by atoms with E-state index in [-0.39, 0.29) is 43.2 Å². The minimum atomic E-state index is -0.942. The van der Waals surface area contributed by atoms with Crippen molar-refractivity contribution in [1.29, 1.82) is 0 Å². The maximum absolute atomic E-state index is 14.1. The molecule has 9 heteroatoms. The summed E-state index contributed by atoms with van der Waals surface area (Å²) < 4.78 is 45.1. The lowest BCUT2D eigenvalue weighted by molar-refractivity contribution is -0.147. The molecule has 1 heterocycles. The molecule has 0 bridgehead atoms. The number of benzene rings is 4. The van der Waals surface area contributed by atoms with E-state index in [0.717, 1.165) is 22.8 Å². The summed E-state index contributed by atoms with van der Waals surface area (Å²) in [6.45, 7) is 0.815. The minimum Gasteiger partial charge on any atom is -0.489 e. The average Bonchev–Trinajstić information content (AvgIpc) is 3.52. The highest BCUT2D eigenvalue weighted by Crippen LogP contribution is 2.33. The summed E-state index contributed by atoms with van der Waals surface area (Å²) in [5.74, 6) is -1.82. The van der Waals surface area contributed by atoms with Crippen LogP contribution in [0.25, 0.3) is 22.1 Å². The zero-order valence-corrected chi connectivity index (χ0v) is 24.5.